The number of amides is 3. The molecule has 0 saturated carbocycles. The highest BCUT2D eigenvalue weighted by atomic mass is 32.1. The maximum Gasteiger partial charge on any atom is 0.273 e. The lowest BCUT2D eigenvalue weighted by Crippen LogP contribution is -2.45. The maximum absolute atomic E-state index is 13.5. The van der Waals surface area contributed by atoms with Crippen LogP contribution in [-0.2, 0) is 17.9 Å². The van der Waals surface area contributed by atoms with Crippen LogP contribution >= 0.6 is 11.3 Å². The number of aromatic nitrogens is 4. The fourth-order valence-electron chi connectivity index (χ4n) is 4.61. The molecule has 42 heavy (non-hydrogen) atoms. The zero-order valence-electron chi connectivity index (χ0n) is 24.6. The molecule has 2 atom stereocenters. The molecule has 13 heteroatoms. The second-order valence-electron chi connectivity index (χ2n) is 11.0. The van der Waals surface area contributed by atoms with E-state index in [1.165, 1.54) is 11.3 Å². The van der Waals surface area contributed by atoms with E-state index in [0.29, 0.717) is 67.7 Å². The Bertz CT molecular complexity index is 1390. The zero-order chi connectivity index (χ0) is 30.2. The summed E-state index contributed by atoms with van der Waals surface area (Å²) < 4.78 is 7.68. The summed E-state index contributed by atoms with van der Waals surface area (Å²) in [5.41, 5.74) is 8.61. The Balaban J connectivity index is 1.50. The first-order valence-electron chi connectivity index (χ1n) is 14.3. The van der Waals surface area contributed by atoms with Crippen molar-refractivity contribution in [3.63, 3.8) is 0 Å². The highest BCUT2D eigenvalue weighted by molar-refractivity contribution is 7.09. The van der Waals surface area contributed by atoms with Crippen molar-refractivity contribution in [3.8, 4) is 5.75 Å². The van der Waals surface area contributed by atoms with Crippen molar-refractivity contribution < 1.29 is 19.1 Å². The minimum Gasteiger partial charge on any atom is -0.493 e. The van der Waals surface area contributed by atoms with Crippen molar-refractivity contribution in [2.24, 2.45) is 11.7 Å². The van der Waals surface area contributed by atoms with Crippen LogP contribution in [0, 0.1) is 12.8 Å². The highest BCUT2D eigenvalue weighted by Crippen LogP contribution is 2.24. The Morgan fingerprint density at radius 1 is 1.24 bits per heavy atom. The van der Waals surface area contributed by atoms with Crippen molar-refractivity contribution in [3.05, 3.63) is 57.3 Å². The van der Waals surface area contributed by atoms with Crippen LogP contribution in [0.3, 0.4) is 0 Å². The molecule has 4 N–H and O–H groups in total. The van der Waals surface area contributed by atoms with E-state index in [1.54, 1.807) is 28.0 Å². The van der Waals surface area contributed by atoms with E-state index in [2.05, 4.69) is 39.8 Å². The number of ether oxygens (including phenoxy) is 1. The standard InChI is InChI=1S/C29H40N8O4S/c1-18(2)13-23(30)28-33-24(17-42-28)29(40)36-10-5-9-31-26(38)20(4)32-27(39)22-8-7-19(3)14-25(22)41-12-6-11-37-16-21(15-36)34-35-37/h7-8,14,16-18,20,23H,5-6,9-13,15,30H2,1-4H3,(H,31,38)(H,32,39)/t20-,23+/m1/s1. The first kappa shape index (κ1) is 31.1. The Hall–Kier alpha value is -3.84. The Morgan fingerprint density at radius 2 is 2.05 bits per heavy atom. The quantitative estimate of drug-likeness (QED) is 0.415. The van der Waals surface area contributed by atoms with Crippen molar-refractivity contribution in [1.82, 2.24) is 35.5 Å². The van der Waals surface area contributed by atoms with Gasteiger partial charge in [-0.15, -0.1) is 16.4 Å². The first-order chi connectivity index (χ1) is 20.1. The molecule has 2 aromatic heterocycles. The van der Waals surface area contributed by atoms with E-state index in [-0.39, 0.29) is 30.3 Å². The van der Waals surface area contributed by atoms with E-state index in [9.17, 15) is 14.4 Å². The Kier molecular flexibility index (Phi) is 10.6. The number of carbonyl (C=O) groups is 3. The number of thiazole rings is 1. The topological polar surface area (TPSA) is 157 Å². The number of carbonyl (C=O) groups excluding carboxylic acids is 3. The summed E-state index contributed by atoms with van der Waals surface area (Å²) in [5, 5.41) is 16.6. The smallest absolute Gasteiger partial charge is 0.273 e. The van der Waals surface area contributed by atoms with Gasteiger partial charge in [0.1, 0.15) is 28.2 Å². The predicted octanol–water partition coefficient (Wildman–Crippen LogP) is 2.84. The van der Waals surface area contributed by atoms with Gasteiger partial charge in [-0.05, 0) is 50.3 Å². The summed E-state index contributed by atoms with van der Waals surface area (Å²) in [6.07, 6.45) is 3.71. The molecular formula is C29H40N8O4S. The highest BCUT2D eigenvalue weighted by Gasteiger charge is 2.23. The molecule has 1 aromatic carbocycles. The van der Waals surface area contributed by atoms with E-state index in [1.807, 2.05) is 25.3 Å². The molecule has 12 nitrogen and oxygen atoms in total. The van der Waals surface area contributed by atoms with E-state index < -0.39 is 6.04 Å². The molecule has 0 aliphatic carbocycles. The fourth-order valence-corrected chi connectivity index (χ4v) is 5.42. The number of nitrogens with zero attached hydrogens (tertiary/aromatic N) is 5. The molecular weight excluding hydrogens is 556 g/mol. The minimum absolute atomic E-state index is 0.223. The molecule has 3 amide bonds. The van der Waals surface area contributed by atoms with Gasteiger partial charge in [-0.1, -0.05) is 25.1 Å². The van der Waals surface area contributed by atoms with Crippen LogP contribution in [0.15, 0.2) is 29.8 Å². The molecule has 3 heterocycles. The third kappa shape index (κ3) is 8.35. The molecule has 0 saturated heterocycles. The first-order valence-corrected chi connectivity index (χ1v) is 15.2. The number of nitrogens with one attached hydrogen (secondary N) is 2. The third-order valence-corrected chi connectivity index (χ3v) is 7.80. The minimum atomic E-state index is -0.760. The van der Waals surface area contributed by atoms with Gasteiger partial charge in [0.25, 0.3) is 11.8 Å². The van der Waals surface area contributed by atoms with Crippen molar-refractivity contribution in [1.29, 1.82) is 0 Å². The molecule has 0 spiro atoms. The van der Waals surface area contributed by atoms with Gasteiger partial charge in [0.2, 0.25) is 5.91 Å². The van der Waals surface area contributed by atoms with Gasteiger partial charge in [0.15, 0.2) is 0 Å². The molecule has 2 bridgehead atoms. The summed E-state index contributed by atoms with van der Waals surface area (Å²) >= 11 is 1.39. The van der Waals surface area contributed by atoms with Crippen LogP contribution in [0.4, 0.5) is 0 Å². The summed E-state index contributed by atoms with van der Waals surface area (Å²) in [7, 11) is 0. The van der Waals surface area contributed by atoms with Crippen LogP contribution in [0.5, 0.6) is 5.75 Å². The van der Waals surface area contributed by atoms with Crippen LogP contribution < -0.4 is 21.1 Å². The van der Waals surface area contributed by atoms with E-state index >= 15 is 0 Å². The third-order valence-electron chi connectivity index (χ3n) is 6.83. The molecule has 226 valence electrons. The average Bonchev–Trinajstić information content (AvgIpc) is 3.61. The zero-order valence-corrected chi connectivity index (χ0v) is 25.4. The molecule has 3 aromatic rings. The molecule has 0 unspecified atom stereocenters. The second kappa shape index (κ2) is 14.4. The molecule has 1 aliphatic heterocycles. The second-order valence-corrected chi connectivity index (χ2v) is 11.9. The van der Waals surface area contributed by atoms with Gasteiger partial charge >= 0.3 is 0 Å². The van der Waals surface area contributed by atoms with Gasteiger partial charge in [-0.2, -0.15) is 0 Å². The van der Waals surface area contributed by atoms with Gasteiger partial charge < -0.3 is 26.0 Å². The molecule has 4 rings (SSSR count). The monoisotopic (exact) mass is 596 g/mol. The Labute approximate surface area is 250 Å². The predicted molar refractivity (Wildman–Crippen MR) is 159 cm³/mol. The van der Waals surface area contributed by atoms with Crippen LogP contribution in [0.25, 0.3) is 0 Å². The molecule has 0 radical (unpaired) electrons. The van der Waals surface area contributed by atoms with E-state index in [0.717, 1.165) is 17.0 Å². The van der Waals surface area contributed by atoms with Crippen LogP contribution in [0.1, 0.15) is 83.2 Å². The normalized spacial score (nSPS) is 18.1. The number of hydrogen-bond acceptors (Lipinski definition) is 9. The fraction of sp³-hybridized carbons (Fsp3) is 0.517. The van der Waals surface area contributed by atoms with Gasteiger partial charge in [-0.3, -0.25) is 19.1 Å². The number of rotatable bonds is 4. The lowest BCUT2D eigenvalue weighted by atomic mass is 10.1. The Morgan fingerprint density at radius 3 is 2.83 bits per heavy atom. The number of benzene rings is 1. The summed E-state index contributed by atoms with van der Waals surface area (Å²) in [4.78, 5) is 45.5. The number of nitrogens with two attached hydrogens (primary N) is 1. The lowest BCUT2D eigenvalue weighted by molar-refractivity contribution is -0.122. The lowest BCUT2D eigenvalue weighted by Gasteiger charge is -2.21. The van der Waals surface area contributed by atoms with Crippen LogP contribution in [0.2, 0.25) is 0 Å². The summed E-state index contributed by atoms with van der Waals surface area (Å²) in [6.45, 7) is 9.57. The van der Waals surface area contributed by atoms with Gasteiger partial charge in [0, 0.05) is 31.4 Å². The molecule has 1 aliphatic rings. The van der Waals surface area contributed by atoms with Crippen molar-refractivity contribution in [2.75, 3.05) is 19.7 Å². The van der Waals surface area contributed by atoms with E-state index in [4.69, 9.17) is 10.5 Å². The largest absolute Gasteiger partial charge is 0.493 e. The van der Waals surface area contributed by atoms with Crippen molar-refractivity contribution in [2.45, 2.75) is 72.1 Å². The number of fused-ring (bicyclic) bond motifs is 3. The summed E-state index contributed by atoms with van der Waals surface area (Å²) in [5.74, 6) is -0.0678. The molecule has 0 fully saturated rings. The van der Waals surface area contributed by atoms with Crippen LogP contribution in [-0.4, -0.2) is 68.3 Å². The number of aryl methyl sites for hydroxylation is 2. The SMILES string of the molecule is Cc1ccc2c(c1)OCCCn1cc(nn1)CN(C(=O)c1csc([C@@H](N)CC(C)C)n1)CCCNC(=O)[C@@H](C)NC2=O. The van der Waals surface area contributed by atoms with Gasteiger partial charge in [-0.25, -0.2) is 4.98 Å². The summed E-state index contributed by atoms with van der Waals surface area (Å²) in [6, 6.07) is 4.36. The van der Waals surface area contributed by atoms with Gasteiger partial charge in [0.05, 0.1) is 31.0 Å². The number of hydrogen-bond donors (Lipinski definition) is 3. The van der Waals surface area contributed by atoms with Crippen molar-refractivity contribution >= 4 is 29.1 Å². The average molecular weight is 597 g/mol. The maximum atomic E-state index is 13.5.